The highest BCUT2D eigenvalue weighted by Crippen LogP contribution is 2.38. The maximum absolute atomic E-state index is 8.79. The van der Waals surface area contributed by atoms with Gasteiger partial charge in [-0.25, -0.2) is 5.48 Å². The Morgan fingerprint density at radius 3 is 2.45 bits per heavy atom. The van der Waals surface area contributed by atoms with Crippen molar-refractivity contribution in [3.8, 4) is 0 Å². The molecule has 0 saturated heterocycles. The van der Waals surface area contributed by atoms with E-state index in [1.165, 1.54) is 6.42 Å². The van der Waals surface area contributed by atoms with Crippen molar-refractivity contribution >= 4 is 0 Å². The maximum Gasteiger partial charge on any atom is 0.0327 e. The molecule has 2 heteroatoms. The van der Waals surface area contributed by atoms with E-state index in [9.17, 15) is 0 Å². The minimum absolute atomic E-state index is 0.314. The average Bonchev–Trinajstić information content (AvgIpc) is 1.83. The van der Waals surface area contributed by atoms with Crippen LogP contribution in [0.4, 0.5) is 0 Å². The molecule has 11 heavy (non-hydrogen) atoms. The molecule has 2 N–H and O–H groups in total. The zero-order chi connectivity index (χ0) is 8.48. The second-order valence-corrected chi connectivity index (χ2v) is 4.74. The van der Waals surface area contributed by atoms with Crippen LogP contribution in [-0.2, 0) is 0 Å². The van der Waals surface area contributed by atoms with Gasteiger partial charge in [0.25, 0.3) is 0 Å². The van der Waals surface area contributed by atoms with Crippen molar-refractivity contribution in [2.45, 2.75) is 46.1 Å². The van der Waals surface area contributed by atoms with E-state index in [4.69, 9.17) is 5.21 Å². The molecular formula is C9H19NO. The molecule has 1 rings (SSSR count). The van der Waals surface area contributed by atoms with E-state index < -0.39 is 0 Å². The van der Waals surface area contributed by atoms with Crippen molar-refractivity contribution in [2.75, 3.05) is 0 Å². The summed E-state index contributed by atoms with van der Waals surface area (Å²) in [5, 5.41) is 8.79. The molecule has 0 aromatic carbocycles. The van der Waals surface area contributed by atoms with Gasteiger partial charge in [-0.2, -0.15) is 0 Å². The summed E-state index contributed by atoms with van der Waals surface area (Å²) in [7, 11) is 0. The SMILES string of the molecule is CC1CC(NO)CC(C)(C)C1. The minimum Gasteiger partial charge on any atom is -0.317 e. The highest BCUT2D eigenvalue weighted by Gasteiger charge is 2.31. The first-order chi connectivity index (χ1) is 5.03. The normalized spacial score (nSPS) is 37.1. The Labute approximate surface area is 69.0 Å². The van der Waals surface area contributed by atoms with Gasteiger partial charge in [0.1, 0.15) is 0 Å². The van der Waals surface area contributed by atoms with Gasteiger partial charge in [0.2, 0.25) is 0 Å². The lowest BCUT2D eigenvalue weighted by Gasteiger charge is -2.38. The summed E-state index contributed by atoms with van der Waals surface area (Å²) in [6.07, 6.45) is 3.49. The van der Waals surface area contributed by atoms with Gasteiger partial charge in [-0.3, -0.25) is 0 Å². The second kappa shape index (κ2) is 3.11. The highest BCUT2D eigenvalue weighted by atomic mass is 16.5. The molecule has 1 fully saturated rings. The van der Waals surface area contributed by atoms with Crippen LogP contribution in [0.15, 0.2) is 0 Å². The molecule has 66 valence electrons. The van der Waals surface area contributed by atoms with Gasteiger partial charge < -0.3 is 5.21 Å². The summed E-state index contributed by atoms with van der Waals surface area (Å²) in [4.78, 5) is 0. The van der Waals surface area contributed by atoms with Crippen LogP contribution in [0.3, 0.4) is 0 Å². The Kier molecular flexibility index (Phi) is 2.55. The molecule has 1 aliphatic rings. The Hall–Kier alpha value is -0.0800. The van der Waals surface area contributed by atoms with E-state index in [0.717, 1.165) is 18.8 Å². The lowest BCUT2D eigenvalue weighted by molar-refractivity contribution is 0.0534. The van der Waals surface area contributed by atoms with Gasteiger partial charge >= 0.3 is 0 Å². The molecule has 0 bridgehead atoms. The van der Waals surface area contributed by atoms with Crippen molar-refractivity contribution in [1.29, 1.82) is 0 Å². The van der Waals surface area contributed by atoms with Crippen LogP contribution in [0.25, 0.3) is 0 Å². The van der Waals surface area contributed by atoms with Crippen molar-refractivity contribution in [2.24, 2.45) is 11.3 Å². The number of hydrogen-bond acceptors (Lipinski definition) is 2. The lowest BCUT2D eigenvalue weighted by Crippen LogP contribution is -2.38. The van der Waals surface area contributed by atoms with Crippen molar-refractivity contribution < 1.29 is 5.21 Å². The number of hydrogen-bond donors (Lipinski definition) is 2. The van der Waals surface area contributed by atoms with Gasteiger partial charge in [0.05, 0.1) is 0 Å². The fourth-order valence-electron chi connectivity index (χ4n) is 2.44. The third-order valence-electron chi connectivity index (χ3n) is 2.57. The van der Waals surface area contributed by atoms with Crippen LogP contribution in [0, 0.1) is 11.3 Å². The highest BCUT2D eigenvalue weighted by molar-refractivity contribution is 4.84. The van der Waals surface area contributed by atoms with E-state index in [1.54, 1.807) is 0 Å². The van der Waals surface area contributed by atoms with Crippen LogP contribution in [0.2, 0.25) is 0 Å². The zero-order valence-electron chi connectivity index (χ0n) is 7.72. The number of nitrogens with one attached hydrogen (secondary N) is 1. The molecule has 2 nitrogen and oxygen atoms in total. The van der Waals surface area contributed by atoms with Gasteiger partial charge in [-0.05, 0) is 30.6 Å². The summed E-state index contributed by atoms with van der Waals surface area (Å²) in [5.74, 6) is 0.739. The second-order valence-electron chi connectivity index (χ2n) is 4.74. The monoisotopic (exact) mass is 157 g/mol. The molecule has 0 spiro atoms. The van der Waals surface area contributed by atoms with Crippen molar-refractivity contribution in [3.05, 3.63) is 0 Å². The van der Waals surface area contributed by atoms with Gasteiger partial charge in [-0.1, -0.05) is 20.8 Å². The topological polar surface area (TPSA) is 32.3 Å². The predicted octanol–water partition coefficient (Wildman–Crippen LogP) is 2.18. The third kappa shape index (κ3) is 2.46. The minimum atomic E-state index is 0.314. The van der Waals surface area contributed by atoms with Crippen LogP contribution in [0.5, 0.6) is 0 Å². The van der Waals surface area contributed by atoms with E-state index in [1.807, 2.05) is 0 Å². The molecule has 0 aromatic rings. The fraction of sp³-hybridized carbons (Fsp3) is 1.00. The van der Waals surface area contributed by atoms with E-state index in [2.05, 4.69) is 26.3 Å². The summed E-state index contributed by atoms with van der Waals surface area (Å²) >= 11 is 0. The van der Waals surface area contributed by atoms with Crippen molar-refractivity contribution in [3.63, 3.8) is 0 Å². The Morgan fingerprint density at radius 2 is 2.00 bits per heavy atom. The molecule has 1 aliphatic carbocycles. The summed E-state index contributed by atoms with van der Waals surface area (Å²) in [5.41, 5.74) is 2.79. The van der Waals surface area contributed by atoms with E-state index in [0.29, 0.717) is 11.5 Å². The van der Waals surface area contributed by atoms with Gasteiger partial charge in [0.15, 0.2) is 0 Å². The first-order valence-electron chi connectivity index (χ1n) is 4.43. The van der Waals surface area contributed by atoms with Crippen LogP contribution in [0.1, 0.15) is 40.0 Å². The van der Waals surface area contributed by atoms with Crippen molar-refractivity contribution in [1.82, 2.24) is 5.48 Å². The summed E-state index contributed by atoms with van der Waals surface area (Å²) in [6.45, 7) is 6.80. The molecular weight excluding hydrogens is 138 g/mol. The Bertz CT molecular complexity index is 134. The van der Waals surface area contributed by atoms with Crippen LogP contribution < -0.4 is 5.48 Å². The largest absolute Gasteiger partial charge is 0.317 e. The van der Waals surface area contributed by atoms with Crippen LogP contribution in [-0.4, -0.2) is 11.2 Å². The first-order valence-corrected chi connectivity index (χ1v) is 4.43. The molecule has 0 heterocycles. The Morgan fingerprint density at radius 1 is 1.36 bits per heavy atom. The molecule has 1 saturated carbocycles. The smallest absolute Gasteiger partial charge is 0.0327 e. The predicted molar refractivity (Wildman–Crippen MR) is 45.5 cm³/mol. The molecule has 0 radical (unpaired) electrons. The fourth-order valence-corrected chi connectivity index (χ4v) is 2.44. The summed E-state index contributed by atoms with van der Waals surface area (Å²) < 4.78 is 0. The number of hydroxylamine groups is 1. The Balaban J connectivity index is 2.51. The lowest BCUT2D eigenvalue weighted by atomic mass is 9.71. The van der Waals surface area contributed by atoms with Gasteiger partial charge in [0, 0.05) is 6.04 Å². The van der Waals surface area contributed by atoms with E-state index >= 15 is 0 Å². The molecule has 0 aliphatic heterocycles. The zero-order valence-corrected chi connectivity index (χ0v) is 7.72. The third-order valence-corrected chi connectivity index (χ3v) is 2.57. The average molecular weight is 157 g/mol. The number of rotatable bonds is 1. The molecule has 2 unspecified atom stereocenters. The maximum atomic E-state index is 8.79. The molecule has 0 aromatic heterocycles. The van der Waals surface area contributed by atoms with Crippen LogP contribution >= 0.6 is 0 Å². The molecule has 0 amide bonds. The summed E-state index contributed by atoms with van der Waals surface area (Å²) in [6, 6.07) is 0.314. The molecule has 2 atom stereocenters. The quantitative estimate of drug-likeness (QED) is 0.572. The first kappa shape index (κ1) is 9.01. The van der Waals surface area contributed by atoms with Gasteiger partial charge in [-0.15, -0.1) is 0 Å². The standard InChI is InChI=1S/C9H19NO/c1-7-4-8(10-11)6-9(2,3)5-7/h7-8,10-11H,4-6H2,1-3H3. The van der Waals surface area contributed by atoms with E-state index in [-0.39, 0.29) is 0 Å².